The van der Waals surface area contributed by atoms with Gasteiger partial charge in [0.2, 0.25) is 0 Å². The van der Waals surface area contributed by atoms with E-state index in [9.17, 15) is 28.1 Å². The average Bonchev–Trinajstić information content (AvgIpc) is 2.60. The van der Waals surface area contributed by atoms with Crippen LogP contribution in [0.1, 0.15) is 29.8 Å². The van der Waals surface area contributed by atoms with Gasteiger partial charge < -0.3 is 9.47 Å². The van der Waals surface area contributed by atoms with Crippen molar-refractivity contribution in [1.82, 2.24) is 0 Å². The molecule has 0 amide bonds. The predicted molar refractivity (Wildman–Crippen MR) is 94.7 cm³/mol. The van der Waals surface area contributed by atoms with Crippen molar-refractivity contribution in [3.63, 3.8) is 0 Å². The molecule has 0 aliphatic carbocycles. The zero-order valence-corrected chi connectivity index (χ0v) is 15.5. The summed E-state index contributed by atoms with van der Waals surface area (Å²) in [5.74, 6) is -1.02. The number of benzene rings is 2. The first-order valence-electron chi connectivity index (χ1n) is 7.99. The number of nitrogens with zero attached hydrogens (tertiary/aromatic N) is 1. The molecule has 0 atom stereocenters. The van der Waals surface area contributed by atoms with Crippen LogP contribution < -0.4 is 4.74 Å². The van der Waals surface area contributed by atoms with Crippen LogP contribution in [0, 0.1) is 16.0 Å². The van der Waals surface area contributed by atoms with Gasteiger partial charge in [0.05, 0.1) is 22.1 Å². The lowest BCUT2D eigenvalue weighted by atomic mass is 10.1. The smallest absolute Gasteiger partial charge is 0.416 e. The van der Waals surface area contributed by atoms with Gasteiger partial charge in [-0.25, -0.2) is 4.79 Å². The summed E-state index contributed by atoms with van der Waals surface area (Å²) in [5.41, 5.74) is -1.78. The molecule has 28 heavy (non-hydrogen) atoms. The summed E-state index contributed by atoms with van der Waals surface area (Å²) in [6.07, 6.45) is -4.57. The van der Waals surface area contributed by atoms with Gasteiger partial charge in [-0.1, -0.05) is 25.4 Å². The molecule has 0 heterocycles. The molecule has 0 saturated carbocycles. The van der Waals surface area contributed by atoms with Crippen molar-refractivity contribution in [2.24, 2.45) is 5.92 Å². The molecule has 0 saturated heterocycles. The molecule has 0 unspecified atom stereocenters. The van der Waals surface area contributed by atoms with Crippen LogP contribution in [-0.4, -0.2) is 17.5 Å². The van der Waals surface area contributed by atoms with E-state index in [2.05, 4.69) is 0 Å². The van der Waals surface area contributed by atoms with Gasteiger partial charge in [-0.15, -0.1) is 0 Å². The number of carbonyl (C=O) groups is 1. The highest BCUT2D eigenvalue weighted by Crippen LogP contribution is 2.37. The molecule has 0 aromatic heterocycles. The van der Waals surface area contributed by atoms with Gasteiger partial charge in [0.15, 0.2) is 0 Å². The summed E-state index contributed by atoms with van der Waals surface area (Å²) < 4.78 is 48.5. The number of ether oxygens (including phenoxy) is 2. The number of alkyl halides is 3. The van der Waals surface area contributed by atoms with E-state index in [0.29, 0.717) is 6.07 Å². The number of carbonyl (C=O) groups excluding carboxylic acids is 1. The average molecular weight is 418 g/mol. The number of halogens is 4. The standard InChI is InChI=1S/C18H15ClF3NO5/c1-10(2)9-27-17(24)13-8-12(4-5-15(13)23(25)26)28-16-6-3-11(7-14(16)19)18(20,21)22/h3-8,10H,9H2,1-2H3. The lowest BCUT2D eigenvalue weighted by Gasteiger charge is -2.12. The maximum absolute atomic E-state index is 12.7. The molecular weight excluding hydrogens is 403 g/mol. The van der Waals surface area contributed by atoms with E-state index in [0.717, 1.165) is 24.3 Å². The predicted octanol–water partition coefficient (Wildman–Crippen LogP) is 5.87. The van der Waals surface area contributed by atoms with Crippen molar-refractivity contribution in [3.8, 4) is 11.5 Å². The second kappa shape index (κ2) is 8.47. The van der Waals surface area contributed by atoms with Gasteiger partial charge in [-0.3, -0.25) is 10.1 Å². The third-order valence-electron chi connectivity index (χ3n) is 3.42. The van der Waals surface area contributed by atoms with Gasteiger partial charge in [0.1, 0.15) is 17.1 Å². The van der Waals surface area contributed by atoms with Crippen molar-refractivity contribution in [1.29, 1.82) is 0 Å². The van der Waals surface area contributed by atoms with Gasteiger partial charge in [0.25, 0.3) is 5.69 Å². The van der Waals surface area contributed by atoms with E-state index >= 15 is 0 Å². The monoisotopic (exact) mass is 417 g/mol. The number of esters is 1. The van der Waals surface area contributed by atoms with Crippen LogP contribution in [0.3, 0.4) is 0 Å². The first-order chi connectivity index (χ1) is 13.0. The normalized spacial score (nSPS) is 11.4. The van der Waals surface area contributed by atoms with Crippen molar-refractivity contribution in [3.05, 3.63) is 62.7 Å². The lowest BCUT2D eigenvalue weighted by Crippen LogP contribution is -2.12. The molecular formula is C18H15ClF3NO5. The highest BCUT2D eigenvalue weighted by molar-refractivity contribution is 6.32. The SMILES string of the molecule is CC(C)COC(=O)c1cc(Oc2ccc(C(F)(F)F)cc2Cl)ccc1[N+](=O)[O-]. The first-order valence-corrected chi connectivity index (χ1v) is 8.37. The van der Waals surface area contributed by atoms with E-state index in [4.69, 9.17) is 21.1 Å². The number of hydrogen-bond donors (Lipinski definition) is 0. The van der Waals surface area contributed by atoms with Crippen molar-refractivity contribution < 1.29 is 32.4 Å². The van der Waals surface area contributed by atoms with E-state index in [1.165, 1.54) is 6.07 Å². The lowest BCUT2D eigenvalue weighted by molar-refractivity contribution is -0.385. The highest BCUT2D eigenvalue weighted by Gasteiger charge is 2.31. The van der Waals surface area contributed by atoms with Crippen molar-refractivity contribution in [2.75, 3.05) is 6.61 Å². The molecule has 0 aliphatic heterocycles. The van der Waals surface area contributed by atoms with Crippen LogP contribution in [0.5, 0.6) is 11.5 Å². The summed E-state index contributed by atoms with van der Waals surface area (Å²) in [7, 11) is 0. The molecule has 2 rings (SSSR count). The fraction of sp³-hybridized carbons (Fsp3) is 0.278. The molecule has 0 fully saturated rings. The van der Waals surface area contributed by atoms with Crippen LogP contribution >= 0.6 is 11.6 Å². The fourth-order valence-corrected chi connectivity index (χ4v) is 2.33. The highest BCUT2D eigenvalue weighted by atomic mass is 35.5. The topological polar surface area (TPSA) is 78.7 Å². The Morgan fingerprint density at radius 3 is 2.43 bits per heavy atom. The summed E-state index contributed by atoms with van der Waals surface area (Å²) in [4.78, 5) is 22.6. The number of nitro benzene ring substituents is 1. The third kappa shape index (κ3) is 5.35. The molecule has 10 heteroatoms. The minimum Gasteiger partial charge on any atom is -0.462 e. The largest absolute Gasteiger partial charge is 0.462 e. The molecule has 150 valence electrons. The number of rotatable bonds is 6. The molecule has 2 aromatic carbocycles. The first kappa shape index (κ1) is 21.5. The van der Waals surface area contributed by atoms with Gasteiger partial charge in [0, 0.05) is 12.1 Å². The maximum Gasteiger partial charge on any atom is 0.416 e. The fourth-order valence-electron chi connectivity index (χ4n) is 2.11. The molecule has 0 spiro atoms. The second-order valence-corrected chi connectivity index (χ2v) is 6.58. The third-order valence-corrected chi connectivity index (χ3v) is 3.71. The quantitative estimate of drug-likeness (QED) is 0.333. The van der Waals surface area contributed by atoms with Gasteiger partial charge in [-0.2, -0.15) is 13.2 Å². The molecule has 0 aliphatic rings. The summed E-state index contributed by atoms with van der Waals surface area (Å²) >= 11 is 5.83. The van der Waals surface area contributed by atoms with Crippen LogP contribution in [0.4, 0.5) is 18.9 Å². The molecule has 2 aromatic rings. The van der Waals surface area contributed by atoms with E-state index in [-0.39, 0.29) is 34.6 Å². The van der Waals surface area contributed by atoms with Crippen LogP contribution in [0.15, 0.2) is 36.4 Å². The second-order valence-electron chi connectivity index (χ2n) is 6.17. The van der Waals surface area contributed by atoms with Crippen molar-refractivity contribution in [2.45, 2.75) is 20.0 Å². The van der Waals surface area contributed by atoms with Gasteiger partial charge >= 0.3 is 12.1 Å². The number of nitro groups is 1. The van der Waals surface area contributed by atoms with Crippen LogP contribution in [-0.2, 0) is 10.9 Å². The minimum atomic E-state index is -4.57. The Kier molecular flexibility index (Phi) is 6.50. The zero-order valence-electron chi connectivity index (χ0n) is 14.7. The summed E-state index contributed by atoms with van der Waals surface area (Å²) in [5, 5.41) is 10.8. The Bertz CT molecular complexity index is 899. The van der Waals surface area contributed by atoms with E-state index in [1.54, 1.807) is 13.8 Å². The van der Waals surface area contributed by atoms with Crippen LogP contribution in [0.25, 0.3) is 0 Å². The Labute approximate surface area is 163 Å². The maximum atomic E-state index is 12.7. The molecule has 0 bridgehead atoms. The van der Waals surface area contributed by atoms with Crippen LogP contribution in [0.2, 0.25) is 5.02 Å². The summed E-state index contributed by atoms with van der Waals surface area (Å²) in [6.45, 7) is 3.66. The number of hydrogen-bond acceptors (Lipinski definition) is 5. The molecule has 0 radical (unpaired) electrons. The zero-order chi connectivity index (χ0) is 21.1. The van der Waals surface area contributed by atoms with E-state index in [1.807, 2.05) is 0 Å². The Morgan fingerprint density at radius 2 is 1.89 bits per heavy atom. The van der Waals surface area contributed by atoms with Gasteiger partial charge in [-0.05, 0) is 30.2 Å². The Morgan fingerprint density at radius 1 is 1.21 bits per heavy atom. The Hall–Kier alpha value is -2.81. The molecule has 0 N–H and O–H groups in total. The summed E-state index contributed by atoms with van der Waals surface area (Å²) in [6, 6.07) is 5.81. The Balaban J connectivity index is 2.33. The minimum absolute atomic E-state index is 0.0217. The molecule has 6 nitrogen and oxygen atoms in total. The van der Waals surface area contributed by atoms with E-state index < -0.39 is 28.3 Å². The van der Waals surface area contributed by atoms with Crippen molar-refractivity contribution >= 4 is 23.3 Å².